The summed E-state index contributed by atoms with van der Waals surface area (Å²) in [5, 5.41) is 13.3. The van der Waals surface area contributed by atoms with Gasteiger partial charge >= 0.3 is 18.2 Å². The van der Waals surface area contributed by atoms with Crippen molar-refractivity contribution in [1.29, 1.82) is 0 Å². The number of likely N-dealkylation sites (N-methyl/N-ethyl adjacent to an activating group) is 1. The van der Waals surface area contributed by atoms with E-state index in [-0.39, 0.29) is 17.5 Å². The molecule has 1 saturated heterocycles. The van der Waals surface area contributed by atoms with E-state index < -0.39 is 12.1 Å². The van der Waals surface area contributed by atoms with Gasteiger partial charge in [0.15, 0.2) is 11.5 Å². The third-order valence-corrected chi connectivity index (χ3v) is 7.64. The van der Waals surface area contributed by atoms with Gasteiger partial charge in [0.1, 0.15) is 0 Å². The van der Waals surface area contributed by atoms with E-state index >= 15 is 0 Å². The Bertz CT molecular complexity index is 1150. The van der Waals surface area contributed by atoms with Crippen molar-refractivity contribution >= 4 is 33.6 Å². The molecule has 1 heterocycles. The maximum atomic E-state index is 12.6. The summed E-state index contributed by atoms with van der Waals surface area (Å²) in [4.78, 5) is 23.9. The molecule has 2 fully saturated rings. The van der Waals surface area contributed by atoms with Gasteiger partial charge in [0.25, 0.3) is 0 Å². The van der Waals surface area contributed by atoms with Gasteiger partial charge in [-0.15, -0.1) is 0 Å². The van der Waals surface area contributed by atoms with Gasteiger partial charge in [-0.25, -0.2) is 9.59 Å². The molecule has 4 rings (SSSR count). The number of ether oxygens (including phenoxy) is 2. The Morgan fingerprint density at radius 2 is 1.79 bits per heavy atom. The molecule has 2 amide bonds. The number of carbonyl (C=O) groups excluding carboxylic acids is 1. The Balaban J connectivity index is 0.000000505. The van der Waals surface area contributed by atoms with E-state index in [0.29, 0.717) is 6.04 Å². The molecule has 3 N–H and O–H groups in total. The predicted octanol–water partition coefficient (Wildman–Crippen LogP) is 5.42. The van der Waals surface area contributed by atoms with Crippen LogP contribution in [0, 0.1) is 0 Å². The van der Waals surface area contributed by atoms with Crippen LogP contribution in [0.1, 0.15) is 31.2 Å². The second-order valence-corrected chi connectivity index (χ2v) is 10.3. The molecule has 0 aromatic heterocycles. The number of likely N-dealkylation sites (tertiary alicyclic amines) is 1. The largest absolute Gasteiger partial charge is 0.493 e. The minimum absolute atomic E-state index is 0.0766. The highest BCUT2D eigenvalue weighted by Crippen LogP contribution is 2.49. The lowest BCUT2D eigenvalue weighted by molar-refractivity contribution is -0.192. The van der Waals surface area contributed by atoms with Gasteiger partial charge in [0, 0.05) is 27.7 Å². The minimum atomic E-state index is -5.08. The number of aliphatic carboxylic acids is 1. The van der Waals surface area contributed by atoms with Crippen molar-refractivity contribution in [3.05, 3.63) is 52.5 Å². The van der Waals surface area contributed by atoms with Gasteiger partial charge < -0.3 is 30.1 Å². The molecule has 0 bridgehead atoms. The van der Waals surface area contributed by atoms with E-state index in [4.69, 9.17) is 19.4 Å². The number of hydrogen-bond donors (Lipinski definition) is 3. The van der Waals surface area contributed by atoms with Crippen molar-refractivity contribution in [1.82, 2.24) is 10.2 Å². The average molecular weight is 602 g/mol. The van der Waals surface area contributed by atoms with Crippen molar-refractivity contribution in [3.63, 3.8) is 0 Å². The Labute approximate surface area is 227 Å². The minimum Gasteiger partial charge on any atom is -0.493 e. The topological polar surface area (TPSA) is 100 Å². The molecule has 0 radical (unpaired) electrons. The number of benzene rings is 2. The number of carboxylic acids is 1. The second kappa shape index (κ2) is 12.2. The number of nitrogens with one attached hydrogen (secondary N) is 2. The highest BCUT2D eigenvalue weighted by Gasteiger charge is 2.50. The lowest BCUT2D eigenvalue weighted by Crippen LogP contribution is -2.52. The fourth-order valence-corrected chi connectivity index (χ4v) is 5.71. The first-order valence-electron chi connectivity index (χ1n) is 12.0. The lowest BCUT2D eigenvalue weighted by Gasteiger charge is -2.45. The Morgan fingerprint density at radius 3 is 2.39 bits per heavy atom. The maximum Gasteiger partial charge on any atom is 0.490 e. The fraction of sp³-hybridized carbons (Fsp3) is 0.462. The first-order chi connectivity index (χ1) is 17.9. The number of alkyl halides is 3. The summed E-state index contributed by atoms with van der Waals surface area (Å²) in [6.45, 7) is 1.05. The number of carboxylic acid groups (broad SMARTS) is 1. The van der Waals surface area contributed by atoms with Crippen LogP contribution in [0.2, 0.25) is 0 Å². The lowest BCUT2D eigenvalue weighted by atomic mass is 9.65. The summed E-state index contributed by atoms with van der Waals surface area (Å²) >= 11 is 3.44. The van der Waals surface area contributed by atoms with Crippen LogP contribution in [0.25, 0.3) is 0 Å². The molecule has 2 aromatic rings. The molecule has 38 heavy (non-hydrogen) atoms. The number of nitrogens with zero attached hydrogens (tertiary/aromatic N) is 1. The summed E-state index contributed by atoms with van der Waals surface area (Å²) in [6.07, 6.45) is -1.07. The van der Waals surface area contributed by atoms with E-state index in [0.717, 1.165) is 53.9 Å². The SMILES string of the molecule is COc1ccc([C@@]23CC[C@@H](NC(=O)Nc4cccc(Br)c4)C[C@@H]2N(C)CC3)cc1OC.O=C(O)C(F)(F)F. The molecule has 0 spiro atoms. The smallest absolute Gasteiger partial charge is 0.490 e. The quantitative estimate of drug-likeness (QED) is 0.423. The average Bonchev–Trinajstić information content (AvgIpc) is 3.20. The van der Waals surface area contributed by atoms with Crippen LogP contribution in [0.5, 0.6) is 11.5 Å². The van der Waals surface area contributed by atoms with Crippen molar-refractivity contribution < 1.29 is 37.3 Å². The van der Waals surface area contributed by atoms with Crippen molar-refractivity contribution in [2.75, 3.05) is 33.1 Å². The Morgan fingerprint density at radius 1 is 1.11 bits per heavy atom. The van der Waals surface area contributed by atoms with Crippen molar-refractivity contribution in [2.24, 2.45) is 0 Å². The zero-order valence-corrected chi connectivity index (χ0v) is 22.9. The first kappa shape index (κ1) is 29.6. The van der Waals surface area contributed by atoms with E-state index in [1.54, 1.807) is 14.2 Å². The van der Waals surface area contributed by atoms with Gasteiger partial charge in [-0.05, 0) is 75.2 Å². The summed E-state index contributed by atoms with van der Waals surface area (Å²) in [5.74, 6) is -1.23. The number of methoxy groups -OCH3 is 2. The second-order valence-electron chi connectivity index (χ2n) is 9.36. The number of hydrogen-bond acceptors (Lipinski definition) is 5. The maximum absolute atomic E-state index is 12.6. The monoisotopic (exact) mass is 601 g/mol. The van der Waals surface area contributed by atoms with Crippen LogP contribution in [0.4, 0.5) is 23.7 Å². The molecule has 1 aliphatic heterocycles. The number of fused-ring (bicyclic) bond motifs is 1. The van der Waals surface area contributed by atoms with Crippen LogP contribution >= 0.6 is 15.9 Å². The zero-order chi connectivity index (χ0) is 28.1. The molecule has 2 aliphatic rings. The van der Waals surface area contributed by atoms with Crippen LogP contribution in [-0.2, 0) is 10.2 Å². The number of anilines is 1. The van der Waals surface area contributed by atoms with Gasteiger partial charge in [-0.1, -0.05) is 28.1 Å². The third kappa shape index (κ3) is 6.90. The third-order valence-electron chi connectivity index (χ3n) is 7.15. The van der Waals surface area contributed by atoms with E-state index in [9.17, 15) is 18.0 Å². The van der Waals surface area contributed by atoms with Crippen molar-refractivity contribution in [3.8, 4) is 11.5 Å². The highest BCUT2D eigenvalue weighted by atomic mass is 79.9. The molecule has 1 aliphatic carbocycles. The molecule has 12 heteroatoms. The summed E-state index contributed by atoms with van der Waals surface area (Å²) in [7, 11) is 5.54. The summed E-state index contributed by atoms with van der Waals surface area (Å²) in [6, 6.07) is 14.3. The molecular weight excluding hydrogens is 571 g/mol. The Hall–Kier alpha value is -2.99. The molecular formula is C26H31BrF3N3O5. The first-order valence-corrected chi connectivity index (χ1v) is 12.7. The van der Waals surface area contributed by atoms with Gasteiger partial charge in [-0.3, -0.25) is 0 Å². The molecule has 208 valence electrons. The zero-order valence-electron chi connectivity index (χ0n) is 21.3. The number of urea groups is 1. The molecule has 8 nitrogen and oxygen atoms in total. The highest BCUT2D eigenvalue weighted by molar-refractivity contribution is 9.10. The standard InChI is InChI=1S/C24H30BrN3O3.C2HF3O2/c1-28-12-11-24(16-7-8-20(30-2)21(13-16)31-3)10-9-19(15-22(24)28)27-23(29)26-18-6-4-5-17(25)14-18;3-2(4,5)1(6)7/h4-8,13-14,19,22H,9-12,15H2,1-3H3,(H2,26,27,29);(H,6,7)/t19-,22+,24+;/m1./s1. The van der Waals surface area contributed by atoms with Gasteiger partial charge in [-0.2, -0.15) is 13.2 Å². The molecule has 0 unspecified atom stereocenters. The molecule has 2 aromatic carbocycles. The van der Waals surface area contributed by atoms with Crippen LogP contribution in [0.3, 0.4) is 0 Å². The fourth-order valence-electron chi connectivity index (χ4n) is 5.31. The van der Waals surface area contributed by atoms with Gasteiger partial charge in [0.05, 0.1) is 14.2 Å². The van der Waals surface area contributed by atoms with E-state index in [1.165, 1.54) is 5.56 Å². The van der Waals surface area contributed by atoms with E-state index in [2.05, 4.69) is 50.6 Å². The van der Waals surface area contributed by atoms with Crippen LogP contribution in [-0.4, -0.2) is 68.1 Å². The number of rotatable bonds is 5. The molecule has 1 saturated carbocycles. The van der Waals surface area contributed by atoms with E-state index in [1.807, 2.05) is 30.3 Å². The summed E-state index contributed by atoms with van der Waals surface area (Å²) < 4.78 is 43.7. The number of amides is 2. The summed E-state index contributed by atoms with van der Waals surface area (Å²) in [5.41, 5.74) is 2.16. The molecule has 3 atom stereocenters. The number of carbonyl (C=O) groups is 2. The Kier molecular flexibility index (Phi) is 9.53. The number of halogens is 4. The van der Waals surface area contributed by atoms with Crippen LogP contribution < -0.4 is 20.1 Å². The van der Waals surface area contributed by atoms with Crippen molar-refractivity contribution in [2.45, 2.75) is 49.4 Å². The predicted molar refractivity (Wildman–Crippen MR) is 140 cm³/mol. The normalized spacial score (nSPS) is 22.9. The van der Waals surface area contributed by atoms with Gasteiger partial charge in [0.2, 0.25) is 0 Å². The van der Waals surface area contributed by atoms with Crippen LogP contribution in [0.15, 0.2) is 46.9 Å².